The average molecular weight is 236 g/mol. The van der Waals surface area contributed by atoms with E-state index in [2.05, 4.69) is 29.1 Å². The number of halogens is 1. The van der Waals surface area contributed by atoms with Crippen LogP contribution in [0.25, 0.3) is 0 Å². The Balaban J connectivity index is 2.14. The van der Waals surface area contributed by atoms with Crippen molar-refractivity contribution < 1.29 is 0 Å². The van der Waals surface area contributed by atoms with E-state index in [9.17, 15) is 0 Å². The molecule has 1 heterocycles. The number of aromatic nitrogens is 2. The normalized spacial score (nSPS) is 10.8. The molecule has 1 aromatic carbocycles. The Kier molecular flexibility index (Phi) is 3.15. The Morgan fingerprint density at radius 3 is 2.81 bits per heavy atom. The molecule has 1 aromatic heterocycles. The van der Waals surface area contributed by atoms with E-state index in [1.165, 1.54) is 0 Å². The summed E-state index contributed by atoms with van der Waals surface area (Å²) in [7, 11) is 0. The van der Waals surface area contributed by atoms with Crippen molar-refractivity contribution in [1.82, 2.24) is 9.97 Å². The molecule has 2 rings (SSSR count). The number of H-pyrrole nitrogens is 1. The van der Waals surface area contributed by atoms with Crippen LogP contribution in [0.15, 0.2) is 30.5 Å². The third-order valence-corrected chi connectivity index (χ3v) is 2.48. The first-order valence-corrected chi connectivity index (χ1v) is 5.60. The van der Waals surface area contributed by atoms with Gasteiger partial charge in [-0.05, 0) is 18.2 Å². The molecule has 0 saturated carbocycles. The Morgan fingerprint density at radius 1 is 1.38 bits per heavy atom. The molecule has 0 aliphatic heterocycles. The lowest BCUT2D eigenvalue weighted by Crippen LogP contribution is -1.92. The van der Waals surface area contributed by atoms with Crippen molar-refractivity contribution in [3.63, 3.8) is 0 Å². The van der Waals surface area contributed by atoms with Crippen LogP contribution in [0.4, 0.5) is 11.5 Å². The lowest BCUT2D eigenvalue weighted by molar-refractivity contribution is 0.795. The van der Waals surface area contributed by atoms with Crippen molar-refractivity contribution in [3.8, 4) is 0 Å². The van der Waals surface area contributed by atoms with E-state index >= 15 is 0 Å². The van der Waals surface area contributed by atoms with Gasteiger partial charge in [0.1, 0.15) is 11.6 Å². The molecular weight excluding hydrogens is 222 g/mol. The van der Waals surface area contributed by atoms with Gasteiger partial charge in [-0.25, -0.2) is 4.98 Å². The first-order chi connectivity index (χ1) is 7.65. The highest BCUT2D eigenvalue weighted by Gasteiger charge is 2.04. The fourth-order valence-corrected chi connectivity index (χ4v) is 1.61. The van der Waals surface area contributed by atoms with Crippen LogP contribution in [0.2, 0.25) is 5.02 Å². The molecule has 84 valence electrons. The van der Waals surface area contributed by atoms with E-state index in [0.717, 1.165) is 17.3 Å². The summed E-state index contributed by atoms with van der Waals surface area (Å²) in [6.45, 7) is 4.20. The van der Waals surface area contributed by atoms with Crippen LogP contribution in [0.3, 0.4) is 0 Å². The summed E-state index contributed by atoms with van der Waals surface area (Å²) >= 11 is 5.90. The zero-order valence-corrected chi connectivity index (χ0v) is 10.0. The topological polar surface area (TPSA) is 40.7 Å². The average Bonchev–Trinajstić information content (AvgIpc) is 2.66. The maximum Gasteiger partial charge on any atom is 0.127 e. The van der Waals surface area contributed by atoms with Crippen molar-refractivity contribution in [2.24, 2.45) is 0 Å². The second-order valence-electron chi connectivity index (χ2n) is 3.97. The van der Waals surface area contributed by atoms with Crippen LogP contribution in [-0.4, -0.2) is 9.97 Å². The van der Waals surface area contributed by atoms with Crippen LogP contribution in [0.5, 0.6) is 0 Å². The SMILES string of the molecule is CC(C)c1ncc(Nc2cccc(Cl)c2)[nH]1. The molecule has 2 N–H and O–H groups in total. The molecule has 16 heavy (non-hydrogen) atoms. The van der Waals surface area contributed by atoms with Crippen LogP contribution < -0.4 is 5.32 Å². The van der Waals surface area contributed by atoms with Crippen molar-refractivity contribution in [3.05, 3.63) is 41.3 Å². The number of nitrogens with one attached hydrogen (secondary N) is 2. The van der Waals surface area contributed by atoms with Crippen LogP contribution in [-0.2, 0) is 0 Å². The van der Waals surface area contributed by atoms with Crippen molar-refractivity contribution in [1.29, 1.82) is 0 Å². The van der Waals surface area contributed by atoms with Crippen LogP contribution in [0.1, 0.15) is 25.6 Å². The summed E-state index contributed by atoms with van der Waals surface area (Å²) in [5.74, 6) is 2.26. The molecule has 0 unspecified atom stereocenters. The number of aromatic amines is 1. The second kappa shape index (κ2) is 4.58. The Labute approximate surface area is 99.9 Å². The van der Waals surface area contributed by atoms with Gasteiger partial charge in [0, 0.05) is 16.6 Å². The lowest BCUT2D eigenvalue weighted by atomic mass is 10.2. The smallest absolute Gasteiger partial charge is 0.127 e. The summed E-state index contributed by atoms with van der Waals surface area (Å²) in [6.07, 6.45) is 1.79. The summed E-state index contributed by atoms with van der Waals surface area (Å²) < 4.78 is 0. The van der Waals surface area contributed by atoms with Gasteiger partial charge in [0.15, 0.2) is 0 Å². The number of imidazole rings is 1. The fraction of sp³-hybridized carbons (Fsp3) is 0.250. The van der Waals surface area contributed by atoms with E-state index in [0.29, 0.717) is 10.9 Å². The highest BCUT2D eigenvalue weighted by molar-refractivity contribution is 6.30. The minimum atomic E-state index is 0.398. The molecule has 3 nitrogen and oxygen atoms in total. The maximum atomic E-state index is 5.90. The Morgan fingerprint density at radius 2 is 2.19 bits per heavy atom. The highest BCUT2D eigenvalue weighted by Crippen LogP contribution is 2.20. The summed E-state index contributed by atoms with van der Waals surface area (Å²) in [5.41, 5.74) is 0.950. The molecule has 4 heteroatoms. The third kappa shape index (κ3) is 2.55. The van der Waals surface area contributed by atoms with Crippen molar-refractivity contribution >= 4 is 23.1 Å². The predicted molar refractivity (Wildman–Crippen MR) is 67.4 cm³/mol. The number of rotatable bonds is 3. The third-order valence-electron chi connectivity index (χ3n) is 2.25. The Bertz CT molecular complexity index is 477. The molecule has 0 spiro atoms. The van der Waals surface area contributed by atoms with Crippen molar-refractivity contribution in [2.75, 3.05) is 5.32 Å². The standard InChI is InChI=1S/C12H14ClN3/c1-8(2)12-14-7-11(16-12)15-10-5-3-4-9(13)6-10/h3-8,15H,1-2H3,(H,14,16). The summed E-state index contributed by atoms with van der Waals surface area (Å²) in [5, 5.41) is 3.93. The van der Waals surface area contributed by atoms with E-state index in [1.807, 2.05) is 24.3 Å². The molecule has 0 atom stereocenters. The predicted octanol–water partition coefficient (Wildman–Crippen LogP) is 3.93. The fourth-order valence-electron chi connectivity index (χ4n) is 1.42. The van der Waals surface area contributed by atoms with E-state index in [4.69, 9.17) is 11.6 Å². The van der Waals surface area contributed by atoms with Gasteiger partial charge in [-0.1, -0.05) is 31.5 Å². The first-order valence-electron chi connectivity index (χ1n) is 5.22. The monoisotopic (exact) mass is 235 g/mol. The van der Waals surface area contributed by atoms with Gasteiger partial charge >= 0.3 is 0 Å². The van der Waals surface area contributed by atoms with Gasteiger partial charge < -0.3 is 10.3 Å². The highest BCUT2D eigenvalue weighted by atomic mass is 35.5. The number of anilines is 2. The van der Waals surface area contributed by atoms with Gasteiger partial charge in [0.2, 0.25) is 0 Å². The Hall–Kier alpha value is -1.48. The molecule has 0 amide bonds. The molecule has 0 fully saturated rings. The maximum absolute atomic E-state index is 5.90. The van der Waals surface area contributed by atoms with Gasteiger partial charge in [0.05, 0.1) is 6.20 Å². The molecule has 0 radical (unpaired) electrons. The zero-order chi connectivity index (χ0) is 11.5. The van der Waals surface area contributed by atoms with Crippen LogP contribution >= 0.6 is 11.6 Å². The van der Waals surface area contributed by atoms with E-state index in [-0.39, 0.29) is 0 Å². The summed E-state index contributed by atoms with van der Waals surface area (Å²) in [4.78, 5) is 7.50. The summed E-state index contributed by atoms with van der Waals surface area (Å²) in [6, 6.07) is 7.59. The molecule has 0 aliphatic carbocycles. The largest absolute Gasteiger partial charge is 0.340 e. The van der Waals surface area contributed by atoms with E-state index in [1.54, 1.807) is 6.20 Å². The molecule has 0 bridgehead atoms. The minimum Gasteiger partial charge on any atom is -0.340 e. The molecule has 0 saturated heterocycles. The van der Waals surface area contributed by atoms with Gasteiger partial charge in [-0.2, -0.15) is 0 Å². The first kappa shape index (κ1) is 11.0. The van der Waals surface area contributed by atoms with Gasteiger partial charge in [-0.15, -0.1) is 0 Å². The van der Waals surface area contributed by atoms with Gasteiger partial charge in [-0.3, -0.25) is 0 Å². The molecule has 2 aromatic rings. The number of hydrogen-bond donors (Lipinski definition) is 2. The molecule has 0 aliphatic rings. The lowest BCUT2D eigenvalue weighted by Gasteiger charge is -2.03. The van der Waals surface area contributed by atoms with Crippen LogP contribution in [0, 0.1) is 0 Å². The second-order valence-corrected chi connectivity index (χ2v) is 4.41. The van der Waals surface area contributed by atoms with E-state index < -0.39 is 0 Å². The van der Waals surface area contributed by atoms with Crippen molar-refractivity contribution in [2.45, 2.75) is 19.8 Å². The minimum absolute atomic E-state index is 0.398. The number of hydrogen-bond acceptors (Lipinski definition) is 2. The number of nitrogens with zero attached hydrogens (tertiary/aromatic N) is 1. The molecular formula is C12H14ClN3. The quantitative estimate of drug-likeness (QED) is 0.846. The van der Waals surface area contributed by atoms with Gasteiger partial charge in [0.25, 0.3) is 0 Å². The number of benzene rings is 1. The zero-order valence-electron chi connectivity index (χ0n) is 9.29.